The summed E-state index contributed by atoms with van der Waals surface area (Å²) in [5, 5.41) is 9.69. The van der Waals surface area contributed by atoms with Gasteiger partial charge in [-0.3, -0.25) is 4.79 Å². The Kier molecular flexibility index (Phi) is 7.05. The fourth-order valence-electron chi connectivity index (χ4n) is 4.24. The fourth-order valence-corrected chi connectivity index (χ4v) is 4.45. The van der Waals surface area contributed by atoms with Gasteiger partial charge in [0.2, 0.25) is 5.91 Å². The van der Waals surface area contributed by atoms with Crippen LogP contribution in [0.25, 0.3) is 0 Å². The first-order valence-corrected chi connectivity index (χ1v) is 11.4. The van der Waals surface area contributed by atoms with Crippen LogP contribution in [0.5, 0.6) is 0 Å². The minimum Gasteiger partial charge on any atom is -0.355 e. The van der Waals surface area contributed by atoms with E-state index < -0.39 is 0 Å². The fraction of sp³-hybridized carbons (Fsp3) is 0.522. The van der Waals surface area contributed by atoms with Crippen molar-refractivity contribution < 1.29 is 4.79 Å². The summed E-state index contributed by atoms with van der Waals surface area (Å²) in [5.41, 5.74) is 1.11. The molecule has 30 heavy (non-hydrogen) atoms. The minimum atomic E-state index is 0.206. The van der Waals surface area contributed by atoms with Crippen molar-refractivity contribution in [2.24, 2.45) is 0 Å². The number of aryl methyl sites for hydroxylation is 1. The average molecular weight is 428 g/mol. The highest BCUT2D eigenvalue weighted by Crippen LogP contribution is 2.20. The quantitative estimate of drug-likeness (QED) is 0.726. The Labute approximate surface area is 183 Å². The van der Waals surface area contributed by atoms with Crippen molar-refractivity contribution in [1.29, 1.82) is 0 Å². The van der Waals surface area contributed by atoms with E-state index in [1.807, 2.05) is 29.2 Å². The summed E-state index contributed by atoms with van der Waals surface area (Å²) >= 11 is 6.03. The molecule has 2 fully saturated rings. The third-order valence-electron chi connectivity index (χ3n) is 6.04. The highest BCUT2D eigenvalue weighted by molar-refractivity contribution is 6.30. The van der Waals surface area contributed by atoms with Crippen molar-refractivity contribution in [3.63, 3.8) is 0 Å². The second-order valence-electron chi connectivity index (χ2n) is 8.15. The number of carbonyl (C=O) groups excluding carboxylic acids is 1. The molecule has 0 saturated carbocycles. The maximum Gasteiger partial charge on any atom is 0.223 e. The van der Waals surface area contributed by atoms with E-state index in [-0.39, 0.29) is 5.91 Å². The van der Waals surface area contributed by atoms with E-state index >= 15 is 0 Å². The smallest absolute Gasteiger partial charge is 0.223 e. The topological polar surface area (TPSA) is 52.6 Å². The van der Waals surface area contributed by atoms with E-state index in [0.717, 1.165) is 67.9 Å². The van der Waals surface area contributed by atoms with Crippen LogP contribution in [0.3, 0.4) is 0 Å². The van der Waals surface area contributed by atoms with Crippen molar-refractivity contribution in [1.82, 2.24) is 15.1 Å². The zero-order valence-electron chi connectivity index (χ0n) is 17.5. The molecule has 0 spiro atoms. The summed E-state index contributed by atoms with van der Waals surface area (Å²) in [7, 11) is 0. The lowest BCUT2D eigenvalue weighted by Crippen LogP contribution is -2.49. The van der Waals surface area contributed by atoms with Gasteiger partial charge in [0.15, 0.2) is 11.6 Å². The molecule has 1 amide bonds. The van der Waals surface area contributed by atoms with E-state index in [1.165, 1.54) is 25.7 Å². The van der Waals surface area contributed by atoms with Gasteiger partial charge in [0, 0.05) is 50.7 Å². The maximum absolute atomic E-state index is 12.6. The van der Waals surface area contributed by atoms with E-state index in [9.17, 15) is 4.79 Å². The normalized spacial score (nSPS) is 17.7. The van der Waals surface area contributed by atoms with Crippen LogP contribution >= 0.6 is 11.6 Å². The van der Waals surface area contributed by atoms with Gasteiger partial charge >= 0.3 is 0 Å². The van der Waals surface area contributed by atoms with Gasteiger partial charge in [-0.05, 0) is 49.1 Å². The zero-order chi connectivity index (χ0) is 20.8. The summed E-state index contributed by atoms with van der Waals surface area (Å²) in [4.78, 5) is 19.1. The molecule has 2 aromatic rings. The largest absolute Gasteiger partial charge is 0.355 e. The van der Waals surface area contributed by atoms with Crippen molar-refractivity contribution >= 4 is 29.1 Å². The van der Waals surface area contributed by atoms with Crippen molar-refractivity contribution in [3.8, 4) is 0 Å². The predicted molar refractivity (Wildman–Crippen MR) is 121 cm³/mol. The van der Waals surface area contributed by atoms with Gasteiger partial charge in [0.25, 0.3) is 0 Å². The van der Waals surface area contributed by atoms with Gasteiger partial charge in [-0.25, -0.2) is 0 Å². The van der Waals surface area contributed by atoms with Crippen LogP contribution in [0.4, 0.5) is 11.6 Å². The number of rotatable bonds is 5. The first-order valence-electron chi connectivity index (χ1n) is 11.0. The van der Waals surface area contributed by atoms with Gasteiger partial charge in [-0.15, -0.1) is 10.2 Å². The first kappa shape index (κ1) is 20.9. The molecular formula is C23H30ClN5O. The van der Waals surface area contributed by atoms with Crippen LogP contribution < -0.4 is 9.80 Å². The third kappa shape index (κ3) is 5.42. The number of piperazine rings is 1. The lowest BCUT2D eigenvalue weighted by atomic mass is 10.1. The number of hydrogen-bond acceptors (Lipinski definition) is 5. The van der Waals surface area contributed by atoms with E-state index in [1.54, 1.807) is 0 Å². The van der Waals surface area contributed by atoms with Gasteiger partial charge in [0.1, 0.15) is 0 Å². The molecule has 0 unspecified atom stereocenters. The number of nitrogens with zero attached hydrogens (tertiary/aromatic N) is 5. The molecule has 4 rings (SSSR count). The molecule has 0 aliphatic carbocycles. The molecule has 3 heterocycles. The number of carbonyl (C=O) groups is 1. The molecule has 2 saturated heterocycles. The number of anilines is 2. The van der Waals surface area contributed by atoms with Crippen LogP contribution in [-0.4, -0.2) is 60.3 Å². The van der Waals surface area contributed by atoms with Crippen LogP contribution in [0.15, 0.2) is 36.4 Å². The van der Waals surface area contributed by atoms with Crippen molar-refractivity contribution in [2.45, 2.75) is 38.5 Å². The third-order valence-corrected chi connectivity index (χ3v) is 6.27. The standard InChI is InChI=1S/C23H30ClN5O/c24-20-7-5-6-19(18-20)8-11-23(30)29-16-14-28(15-17-29)22-10-9-21(25-26-22)27-12-3-1-2-4-13-27/h5-7,9-10,18H,1-4,8,11-17H2. The monoisotopic (exact) mass is 427 g/mol. The molecule has 6 nitrogen and oxygen atoms in total. The van der Waals surface area contributed by atoms with Gasteiger partial charge in [-0.2, -0.15) is 0 Å². The van der Waals surface area contributed by atoms with Gasteiger partial charge in [0.05, 0.1) is 0 Å². The molecule has 1 aromatic heterocycles. The SMILES string of the molecule is O=C(CCc1cccc(Cl)c1)N1CCN(c2ccc(N3CCCCCC3)nn2)CC1. The van der Waals surface area contributed by atoms with E-state index in [4.69, 9.17) is 11.6 Å². The second kappa shape index (κ2) is 10.1. The summed E-state index contributed by atoms with van der Waals surface area (Å²) in [5.74, 6) is 2.09. The number of aromatic nitrogens is 2. The Morgan fingerprint density at radius 1 is 0.833 bits per heavy atom. The molecule has 7 heteroatoms. The first-order chi connectivity index (χ1) is 14.7. The molecular weight excluding hydrogens is 398 g/mol. The van der Waals surface area contributed by atoms with Crippen LogP contribution in [0.1, 0.15) is 37.7 Å². The number of amides is 1. The highest BCUT2D eigenvalue weighted by Gasteiger charge is 2.22. The van der Waals surface area contributed by atoms with E-state index in [2.05, 4.69) is 32.1 Å². The number of hydrogen-bond donors (Lipinski definition) is 0. The van der Waals surface area contributed by atoms with E-state index in [0.29, 0.717) is 6.42 Å². The minimum absolute atomic E-state index is 0.206. The summed E-state index contributed by atoms with van der Waals surface area (Å²) in [6, 6.07) is 11.9. The van der Waals surface area contributed by atoms with Gasteiger partial charge < -0.3 is 14.7 Å². The van der Waals surface area contributed by atoms with Gasteiger partial charge in [-0.1, -0.05) is 36.6 Å². The molecule has 1 aromatic carbocycles. The Morgan fingerprint density at radius 2 is 1.47 bits per heavy atom. The highest BCUT2D eigenvalue weighted by atomic mass is 35.5. The molecule has 2 aliphatic rings. The Hall–Kier alpha value is -2.34. The lowest BCUT2D eigenvalue weighted by Gasteiger charge is -2.35. The summed E-state index contributed by atoms with van der Waals surface area (Å²) in [6.07, 6.45) is 6.33. The van der Waals surface area contributed by atoms with Crippen LogP contribution in [-0.2, 0) is 11.2 Å². The number of halogens is 1. The molecule has 160 valence electrons. The molecule has 0 N–H and O–H groups in total. The maximum atomic E-state index is 12.6. The van der Waals surface area contributed by atoms with Crippen molar-refractivity contribution in [2.75, 3.05) is 49.1 Å². The Morgan fingerprint density at radius 3 is 2.07 bits per heavy atom. The zero-order valence-corrected chi connectivity index (χ0v) is 18.2. The summed E-state index contributed by atoms with van der Waals surface area (Å²) < 4.78 is 0. The lowest BCUT2D eigenvalue weighted by molar-refractivity contribution is -0.131. The number of benzene rings is 1. The van der Waals surface area contributed by atoms with Crippen molar-refractivity contribution in [3.05, 3.63) is 47.0 Å². The van der Waals surface area contributed by atoms with Crippen LogP contribution in [0.2, 0.25) is 5.02 Å². The molecule has 0 radical (unpaired) electrons. The van der Waals surface area contributed by atoms with Crippen LogP contribution in [0, 0.1) is 0 Å². The summed E-state index contributed by atoms with van der Waals surface area (Å²) in [6.45, 7) is 5.18. The average Bonchev–Trinajstić information content (AvgIpc) is 3.07. The predicted octanol–water partition coefficient (Wildman–Crippen LogP) is 3.79. The molecule has 0 bridgehead atoms. The Balaban J connectivity index is 1.26. The Bertz CT molecular complexity index is 828. The second-order valence-corrected chi connectivity index (χ2v) is 8.59. The molecule has 0 atom stereocenters. The molecule has 2 aliphatic heterocycles.